The lowest BCUT2D eigenvalue weighted by atomic mass is 10.0. The van der Waals surface area contributed by atoms with Crippen molar-refractivity contribution in [3.8, 4) is 11.5 Å². The zero-order valence-electron chi connectivity index (χ0n) is 16.6. The van der Waals surface area contributed by atoms with Crippen molar-refractivity contribution in [2.75, 3.05) is 12.3 Å². The zero-order valence-corrected chi connectivity index (χ0v) is 16.6. The Kier molecular flexibility index (Phi) is 5.63. The van der Waals surface area contributed by atoms with Crippen LogP contribution in [0.15, 0.2) is 47.1 Å². The molecule has 4 heterocycles. The van der Waals surface area contributed by atoms with Crippen LogP contribution in [-0.4, -0.2) is 49.4 Å². The Balaban J connectivity index is 1.55. The number of nitrogens with two attached hydrogens (primary N) is 2. The Morgan fingerprint density at radius 1 is 1.23 bits per heavy atom. The summed E-state index contributed by atoms with van der Waals surface area (Å²) < 4.78 is 5.31. The smallest absolute Gasteiger partial charge is 0.407 e. The Labute approximate surface area is 177 Å². The van der Waals surface area contributed by atoms with Gasteiger partial charge in [0.05, 0.1) is 12.0 Å². The summed E-state index contributed by atoms with van der Waals surface area (Å²) in [5, 5.41) is 9.33. The standard InChI is InChI=1S/C21H22N6O4/c22-18(19(28)16-11-15(25-20(23)26-16)17-7-3-9-31-17)14-6-1-4-12(24-14)10-13-5-2-8-27(13)21(29)30/h1,3-4,6-7,9,11,13,18H,2,5,8,10,22H2,(H,29,30)(H2,23,25,26). The van der Waals surface area contributed by atoms with Crippen LogP contribution < -0.4 is 11.5 Å². The second-order valence-corrected chi connectivity index (χ2v) is 7.35. The van der Waals surface area contributed by atoms with Crippen molar-refractivity contribution in [2.45, 2.75) is 31.3 Å². The van der Waals surface area contributed by atoms with Gasteiger partial charge >= 0.3 is 6.09 Å². The van der Waals surface area contributed by atoms with Crippen molar-refractivity contribution in [1.82, 2.24) is 19.9 Å². The van der Waals surface area contributed by atoms with Crippen LogP contribution in [0.2, 0.25) is 0 Å². The molecule has 31 heavy (non-hydrogen) atoms. The Bertz CT molecular complexity index is 1100. The van der Waals surface area contributed by atoms with Gasteiger partial charge in [-0.2, -0.15) is 0 Å². The van der Waals surface area contributed by atoms with E-state index in [2.05, 4.69) is 15.0 Å². The molecule has 10 nitrogen and oxygen atoms in total. The molecular weight excluding hydrogens is 400 g/mol. The van der Waals surface area contributed by atoms with Gasteiger partial charge in [0.2, 0.25) is 11.7 Å². The van der Waals surface area contributed by atoms with E-state index in [-0.39, 0.29) is 17.7 Å². The van der Waals surface area contributed by atoms with Crippen molar-refractivity contribution >= 4 is 17.8 Å². The lowest BCUT2D eigenvalue weighted by Gasteiger charge is -2.21. The molecule has 0 aromatic carbocycles. The molecule has 0 radical (unpaired) electrons. The lowest BCUT2D eigenvalue weighted by Crippen LogP contribution is -2.35. The molecule has 1 aliphatic rings. The van der Waals surface area contributed by atoms with Gasteiger partial charge in [0.1, 0.15) is 17.4 Å². The van der Waals surface area contributed by atoms with Crippen LogP contribution in [0, 0.1) is 0 Å². The van der Waals surface area contributed by atoms with Crippen LogP contribution in [0.1, 0.15) is 40.8 Å². The fraction of sp³-hybridized carbons (Fsp3) is 0.286. The minimum absolute atomic E-state index is 0.0615. The molecule has 3 aromatic heterocycles. The molecule has 3 aromatic rings. The molecule has 0 bridgehead atoms. The van der Waals surface area contributed by atoms with Crippen molar-refractivity contribution in [2.24, 2.45) is 5.73 Å². The maximum atomic E-state index is 13.0. The number of likely N-dealkylation sites (tertiary alicyclic amines) is 1. The molecule has 0 saturated carbocycles. The molecule has 160 valence electrons. The highest BCUT2D eigenvalue weighted by Crippen LogP contribution is 2.23. The Morgan fingerprint density at radius 2 is 2.06 bits per heavy atom. The number of hydrogen-bond donors (Lipinski definition) is 3. The summed E-state index contributed by atoms with van der Waals surface area (Å²) in [6.45, 7) is 0.519. The van der Waals surface area contributed by atoms with Crippen LogP contribution in [-0.2, 0) is 6.42 Å². The molecule has 1 saturated heterocycles. The SMILES string of the molecule is Nc1nc(C(=O)C(N)c2cccc(CC3CCCN3C(=O)O)n2)cc(-c2ccco2)n1. The molecule has 4 rings (SSSR count). The number of amides is 1. The summed E-state index contributed by atoms with van der Waals surface area (Å²) >= 11 is 0. The van der Waals surface area contributed by atoms with Gasteiger partial charge in [-0.05, 0) is 43.2 Å². The number of hydrogen-bond acceptors (Lipinski definition) is 8. The van der Waals surface area contributed by atoms with Crippen molar-refractivity contribution in [1.29, 1.82) is 0 Å². The van der Waals surface area contributed by atoms with Crippen LogP contribution in [0.4, 0.5) is 10.7 Å². The quantitative estimate of drug-likeness (QED) is 0.506. The molecule has 0 spiro atoms. The average Bonchev–Trinajstić information content (AvgIpc) is 3.45. The number of Topliss-reactive ketones (excluding diaryl/α,β-unsaturated/α-hetero) is 1. The summed E-state index contributed by atoms with van der Waals surface area (Å²) in [6, 6.07) is 8.90. The lowest BCUT2D eigenvalue weighted by molar-refractivity contribution is 0.0954. The van der Waals surface area contributed by atoms with E-state index in [1.54, 1.807) is 30.3 Å². The zero-order chi connectivity index (χ0) is 22.0. The largest absolute Gasteiger partial charge is 0.465 e. The number of anilines is 1. The average molecular weight is 422 g/mol. The van der Waals surface area contributed by atoms with Gasteiger partial charge < -0.3 is 25.9 Å². The number of aromatic nitrogens is 3. The summed E-state index contributed by atoms with van der Waals surface area (Å²) in [4.78, 5) is 38.4. The number of rotatable bonds is 6. The van der Waals surface area contributed by atoms with E-state index >= 15 is 0 Å². The van der Waals surface area contributed by atoms with Gasteiger partial charge in [0.25, 0.3) is 0 Å². The van der Waals surface area contributed by atoms with Gasteiger partial charge in [-0.25, -0.2) is 14.8 Å². The second-order valence-electron chi connectivity index (χ2n) is 7.35. The molecule has 2 unspecified atom stereocenters. The van der Waals surface area contributed by atoms with E-state index in [4.69, 9.17) is 15.9 Å². The van der Waals surface area contributed by atoms with E-state index in [0.717, 1.165) is 12.8 Å². The highest BCUT2D eigenvalue weighted by molar-refractivity contribution is 5.99. The summed E-state index contributed by atoms with van der Waals surface area (Å²) in [6.07, 6.45) is 2.62. The maximum Gasteiger partial charge on any atom is 0.407 e. The van der Waals surface area contributed by atoms with Gasteiger partial charge in [0.15, 0.2) is 5.76 Å². The van der Waals surface area contributed by atoms with Crippen molar-refractivity contribution in [3.63, 3.8) is 0 Å². The molecular formula is C21H22N6O4. The van der Waals surface area contributed by atoms with Gasteiger partial charge in [-0.15, -0.1) is 0 Å². The van der Waals surface area contributed by atoms with E-state index in [9.17, 15) is 14.7 Å². The fourth-order valence-electron chi connectivity index (χ4n) is 3.76. The van der Waals surface area contributed by atoms with E-state index in [1.165, 1.54) is 17.2 Å². The minimum atomic E-state index is -1.06. The first-order chi connectivity index (χ1) is 14.9. The molecule has 1 amide bonds. The molecule has 1 aliphatic heterocycles. The number of pyridine rings is 1. The highest BCUT2D eigenvalue weighted by atomic mass is 16.4. The third kappa shape index (κ3) is 4.38. The Hall–Kier alpha value is -3.79. The number of furan rings is 1. The summed E-state index contributed by atoms with van der Waals surface area (Å²) in [7, 11) is 0. The monoisotopic (exact) mass is 422 g/mol. The summed E-state index contributed by atoms with van der Waals surface area (Å²) in [5.74, 6) is -0.0721. The van der Waals surface area contributed by atoms with Crippen molar-refractivity contribution < 1.29 is 19.1 Å². The molecule has 0 aliphatic carbocycles. The summed E-state index contributed by atoms with van der Waals surface area (Å²) in [5.41, 5.74) is 13.5. The predicted octanol–water partition coefficient (Wildman–Crippen LogP) is 2.28. The first-order valence-corrected chi connectivity index (χ1v) is 9.86. The number of carbonyl (C=O) groups is 2. The molecule has 1 fully saturated rings. The number of nitrogen functional groups attached to an aromatic ring is 1. The Morgan fingerprint density at radius 3 is 2.81 bits per heavy atom. The number of carboxylic acid groups (broad SMARTS) is 1. The van der Waals surface area contributed by atoms with Crippen molar-refractivity contribution in [3.05, 3.63) is 59.7 Å². The topological polar surface area (TPSA) is 161 Å². The third-order valence-corrected chi connectivity index (χ3v) is 5.27. The second kappa shape index (κ2) is 8.52. The van der Waals surface area contributed by atoms with Crippen LogP contribution in [0.25, 0.3) is 11.5 Å². The van der Waals surface area contributed by atoms with E-state index in [0.29, 0.717) is 35.8 Å². The van der Waals surface area contributed by atoms with E-state index < -0.39 is 17.9 Å². The number of ketones is 1. The van der Waals surface area contributed by atoms with Gasteiger partial charge in [-0.3, -0.25) is 9.78 Å². The fourth-order valence-corrected chi connectivity index (χ4v) is 3.76. The van der Waals surface area contributed by atoms with Gasteiger partial charge in [0, 0.05) is 24.7 Å². The van der Waals surface area contributed by atoms with Gasteiger partial charge in [-0.1, -0.05) is 6.07 Å². The van der Waals surface area contributed by atoms with E-state index in [1.807, 2.05) is 0 Å². The molecule has 10 heteroatoms. The van der Waals surface area contributed by atoms with Crippen LogP contribution >= 0.6 is 0 Å². The predicted molar refractivity (Wildman–Crippen MR) is 111 cm³/mol. The molecule has 5 N–H and O–H groups in total. The third-order valence-electron chi connectivity index (χ3n) is 5.27. The minimum Gasteiger partial charge on any atom is -0.465 e. The maximum absolute atomic E-state index is 13.0. The number of carbonyl (C=O) groups excluding carboxylic acids is 1. The first-order valence-electron chi connectivity index (χ1n) is 9.86. The normalized spacial score (nSPS) is 16.9. The highest BCUT2D eigenvalue weighted by Gasteiger charge is 2.29. The number of nitrogens with zero attached hydrogens (tertiary/aromatic N) is 4. The van der Waals surface area contributed by atoms with Crippen LogP contribution in [0.3, 0.4) is 0 Å². The van der Waals surface area contributed by atoms with Crippen LogP contribution in [0.5, 0.6) is 0 Å². The molecule has 2 atom stereocenters. The first kappa shape index (κ1) is 20.5.